The number of aryl methyl sites for hydroxylation is 2. The first-order valence-corrected chi connectivity index (χ1v) is 7.00. The number of nitrogens with zero attached hydrogens (tertiary/aromatic N) is 1. The molecule has 1 aromatic heterocycles. The molecule has 19 heavy (non-hydrogen) atoms. The highest BCUT2D eigenvalue weighted by molar-refractivity contribution is 7.11. The first-order valence-electron chi connectivity index (χ1n) is 6.18. The van der Waals surface area contributed by atoms with Crippen molar-refractivity contribution in [2.45, 2.75) is 33.8 Å². The number of Topliss-reactive ketones (excluding diaryl/α,β-unsaturated/α-hetero) is 1. The largest absolute Gasteiger partial charge is 0.486 e. The van der Waals surface area contributed by atoms with Gasteiger partial charge in [-0.3, -0.25) is 4.79 Å². The number of carbonyl (C=O) groups excluding carboxylic acids is 1. The van der Waals surface area contributed by atoms with Crippen LogP contribution in [0.25, 0.3) is 0 Å². The molecule has 0 bridgehead atoms. The molecule has 0 aliphatic carbocycles. The van der Waals surface area contributed by atoms with Gasteiger partial charge in [-0.05, 0) is 38.5 Å². The normalized spacial score (nSPS) is 10.5. The van der Waals surface area contributed by atoms with E-state index >= 15 is 0 Å². The summed E-state index contributed by atoms with van der Waals surface area (Å²) in [6.07, 6.45) is 0.477. The van der Waals surface area contributed by atoms with Gasteiger partial charge in [0.05, 0.1) is 5.69 Å². The molecule has 0 amide bonds. The molecule has 1 heterocycles. The monoisotopic (exact) mass is 275 g/mol. The van der Waals surface area contributed by atoms with Crippen LogP contribution in [0.3, 0.4) is 0 Å². The molecule has 0 unspecified atom stereocenters. The lowest BCUT2D eigenvalue weighted by Crippen LogP contribution is -1.97. The van der Waals surface area contributed by atoms with Crippen molar-refractivity contribution in [1.82, 2.24) is 4.98 Å². The molecule has 100 valence electrons. The molecule has 0 radical (unpaired) electrons. The van der Waals surface area contributed by atoms with Crippen LogP contribution in [-0.2, 0) is 17.8 Å². The van der Waals surface area contributed by atoms with Gasteiger partial charge in [0.1, 0.15) is 23.1 Å². The third-order valence-electron chi connectivity index (χ3n) is 2.81. The van der Waals surface area contributed by atoms with Gasteiger partial charge in [-0.25, -0.2) is 4.98 Å². The van der Waals surface area contributed by atoms with Crippen LogP contribution in [0.15, 0.2) is 24.3 Å². The third-order valence-corrected chi connectivity index (χ3v) is 3.86. The average Bonchev–Trinajstić information content (AvgIpc) is 2.67. The quantitative estimate of drug-likeness (QED) is 0.838. The first-order chi connectivity index (χ1) is 9.04. The Bertz CT molecular complexity index is 553. The first kappa shape index (κ1) is 13.7. The van der Waals surface area contributed by atoms with Gasteiger partial charge in [-0.2, -0.15) is 0 Å². The van der Waals surface area contributed by atoms with Crippen LogP contribution in [0.2, 0.25) is 0 Å². The lowest BCUT2D eigenvalue weighted by Gasteiger charge is -2.05. The minimum atomic E-state index is 0.169. The second-order valence-corrected chi connectivity index (χ2v) is 5.85. The van der Waals surface area contributed by atoms with E-state index in [0.29, 0.717) is 13.0 Å². The Hall–Kier alpha value is -1.68. The summed E-state index contributed by atoms with van der Waals surface area (Å²) in [6.45, 7) is 6.15. The van der Waals surface area contributed by atoms with Crippen molar-refractivity contribution in [3.8, 4) is 5.75 Å². The summed E-state index contributed by atoms with van der Waals surface area (Å²) in [5, 5.41) is 0.989. The zero-order valence-corrected chi connectivity index (χ0v) is 12.2. The van der Waals surface area contributed by atoms with E-state index in [1.54, 1.807) is 18.3 Å². The second-order valence-electron chi connectivity index (χ2n) is 4.56. The Balaban J connectivity index is 1.94. The van der Waals surface area contributed by atoms with Gasteiger partial charge in [0.15, 0.2) is 0 Å². The van der Waals surface area contributed by atoms with Gasteiger partial charge >= 0.3 is 0 Å². The number of ether oxygens (including phenoxy) is 1. The number of hydrogen-bond donors (Lipinski definition) is 0. The Morgan fingerprint density at radius 1 is 1.26 bits per heavy atom. The fraction of sp³-hybridized carbons (Fsp3) is 0.333. The number of thiazole rings is 1. The summed E-state index contributed by atoms with van der Waals surface area (Å²) >= 11 is 1.66. The molecule has 0 saturated carbocycles. The predicted molar refractivity (Wildman–Crippen MR) is 76.7 cm³/mol. The number of ketones is 1. The summed E-state index contributed by atoms with van der Waals surface area (Å²) in [5.74, 6) is 0.972. The van der Waals surface area contributed by atoms with Crippen molar-refractivity contribution >= 4 is 17.1 Å². The van der Waals surface area contributed by atoms with Crippen LogP contribution in [0.5, 0.6) is 5.75 Å². The van der Waals surface area contributed by atoms with E-state index in [-0.39, 0.29) is 5.78 Å². The van der Waals surface area contributed by atoms with Crippen molar-refractivity contribution in [2.24, 2.45) is 0 Å². The molecule has 0 N–H and O–H groups in total. The van der Waals surface area contributed by atoms with Gasteiger partial charge < -0.3 is 4.74 Å². The zero-order valence-electron chi connectivity index (χ0n) is 11.4. The molecule has 2 aromatic rings. The smallest absolute Gasteiger partial charge is 0.140 e. The van der Waals surface area contributed by atoms with Crippen molar-refractivity contribution in [1.29, 1.82) is 0 Å². The fourth-order valence-corrected chi connectivity index (χ4v) is 2.58. The fourth-order valence-electron chi connectivity index (χ4n) is 1.74. The van der Waals surface area contributed by atoms with E-state index in [1.165, 1.54) is 4.88 Å². The highest BCUT2D eigenvalue weighted by atomic mass is 32.1. The van der Waals surface area contributed by atoms with Gasteiger partial charge in [-0.15, -0.1) is 11.3 Å². The number of hydrogen-bond acceptors (Lipinski definition) is 4. The molecular formula is C15H17NO2S. The minimum absolute atomic E-state index is 0.169. The molecule has 0 aliphatic heterocycles. The van der Waals surface area contributed by atoms with Gasteiger partial charge in [0.2, 0.25) is 0 Å². The molecule has 0 fully saturated rings. The Morgan fingerprint density at radius 2 is 1.95 bits per heavy atom. The van der Waals surface area contributed by atoms with E-state index in [1.807, 2.05) is 31.2 Å². The topological polar surface area (TPSA) is 39.2 Å². The maximum Gasteiger partial charge on any atom is 0.140 e. The van der Waals surface area contributed by atoms with Gasteiger partial charge in [0.25, 0.3) is 0 Å². The highest BCUT2D eigenvalue weighted by Gasteiger charge is 2.04. The average molecular weight is 275 g/mol. The number of rotatable bonds is 5. The molecular weight excluding hydrogens is 258 g/mol. The molecule has 1 aromatic carbocycles. The summed E-state index contributed by atoms with van der Waals surface area (Å²) < 4.78 is 5.68. The number of benzene rings is 1. The Morgan fingerprint density at radius 3 is 2.47 bits per heavy atom. The maximum atomic E-state index is 11.0. The SMILES string of the molecule is CC(=O)Cc1ccc(OCc2nc(C)c(C)s2)cc1. The van der Waals surface area contributed by atoms with E-state index in [2.05, 4.69) is 11.9 Å². The second kappa shape index (κ2) is 5.97. The standard InChI is InChI=1S/C15H17NO2S/c1-10(17)8-13-4-6-14(7-5-13)18-9-15-16-11(2)12(3)19-15/h4-7H,8-9H2,1-3H3. The predicted octanol–water partition coefficient (Wildman–Crippen LogP) is 3.47. The van der Waals surface area contributed by atoms with E-state index in [9.17, 15) is 4.79 Å². The van der Waals surface area contributed by atoms with Crippen molar-refractivity contribution < 1.29 is 9.53 Å². The van der Waals surface area contributed by atoms with E-state index < -0.39 is 0 Å². The van der Waals surface area contributed by atoms with E-state index in [4.69, 9.17) is 4.74 Å². The van der Waals surface area contributed by atoms with Crippen LogP contribution in [0.4, 0.5) is 0 Å². The van der Waals surface area contributed by atoms with Crippen LogP contribution >= 0.6 is 11.3 Å². The molecule has 0 saturated heterocycles. The van der Waals surface area contributed by atoms with Crippen LogP contribution in [0, 0.1) is 13.8 Å². The third kappa shape index (κ3) is 3.89. The highest BCUT2D eigenvalue weighted by Crippen LogP contribution is 2.19. The Kier molecular flexibility index (Phi) is 4.32. The molecule has 3 nitrogen and oxygen atoms in total. The lowest BCUT2D eigenvalue weighted by molar-refractivity contribution is -0.116. The molecule has 0 atom stereocenters. The summed E-state index contributed by atoms with van der Waals surface area (Å²) in [7, 11) is 0. The molecule has 0 spiro atoms. The zero-order chi connectivity index (χ0) is 13.8. The molecule has 4 heteroatoms. The molecule has 0 aliphatic rings. The minimum Gasteiger partial charge on any atom is -0.486 e. The van der Waals surface area contributed by atoms with Crippen molar-refractivity contribution in [3.63, 3.8) is 0 Å². The molecule has 2 rings (SSSR count). The number of aromatic nitrogens is 1. The summed E-state index contributed by atoms with van der Waals surface area (Å²) in [4.78, 5) is 16.7. The summed E-state index contributed by atoms with van der Waals surface area (Å²) in [6, 6.07) is 7.64. The number of carbonyl (C=O) groups is 1. The Labute approximate surface area is 117 Å². The van der Waals surface area contributed by atoms with Gasteiger partial charge in [0, 0.05) is 11.3 Å². The van der Waals surface area contributed by atoms with E-state index in [0.717, 1.165) is 22.0 Å². The van der Waals surface area contributed by atoms with Gasteiger partial charge in [-0.1, -0.05) is 12.1 Å². The maximum absolute atomic E-state index is 11.0. The van der Waals surface area contributed by atoms with Crippen molar-refractivity contribution in [2.75, 3.05) is 0 Å². The van der Waals surface area contributed by atoms with Crippen LogP contribution in [-0.4, -0.2) is 10.8 Å². The lowest BCUT2D eigenvalue weighted by atomic mass is 10.1. The van der Waals surface area contributed by atoms with Crippen LogP contribution in [0.1, 0.15) is 28.1 Å². The van der Waals surface area contributed by atoms with Crippen molar-refractivity contribution in [3.05, 3.63) is 45.4 Å². The summed E-state index contributed by atoms with van der Waals surface area (Å²) in [5.41, 5.74) is 2.08. The van der Waals surface area contributed by atoms with Crippen LogP contribution < -0.4 is 4.74 Å².